The van der Waals surface area contributed by atoms with Crippen molar-refractivity contribution in [3.63, 3.8) is 0 Å². The van der Waals surface area contributed by atoms with Crippen LogP contribution in [0.1, 0.15) is 21.5 Å². The zero-order chi connectivity index (χ0) is 24.3. The number of ether oxygens (including phenoxy) is 3. The van der Waals surface area contributed by atoms with Crippen molar-refractivity contribution < 1.29 is 27.8 Å². The maximum atomic E-state index is 14.8. The normalized spacial score (nSPS) is 10.5. The first-order valence-electron chi connectivity index (χ1n) is 9.68. The molecule has 0 fully saturated rings. The van der Waals surface area contributed by atoms with Crippen LogP contribution >= 0.6 is 0 Å². The first-order chi connectivity index (χ1) is 15.6. The fraction of sp³-hybridized carbons (Fsp3) is 0.174. The molecule has 2 aromatic carbocycles. The molecular weight excluding hydrogens is 434 g/mol. The second kappa shape index (κ2) is 9.51. The molecule has 10 heteroatoms. The van der Waals surface area contributed by atoms with E-state index >= 15 is 0 Å². The van der Waals surface area contributed by atoms with Gasteiger partial charge in [-0.25, -0.2) is 8.78 Å². The maximum Gasteiger partial charge on any atom is 0.259 e. The highest BCUT2D eigenvalue weighted by Crippen LogP contribution is 2.38. The van der Waals surface area contributed by atoms with E-state index in [1.54, 1.807) is 26.2 Å². The fourth-order valence-electron chi connectivity index (χ4n) is 2.90. The molecule has 8 nitrogen and oxygen atoms in total. The summed E-state index contributed by atoms with van der Waals surface area (Å²) in [5.74, 6) is -3.50. The van der Waals surface area contributed by atoms with Crippen molar-refractivity contribution in [2.45, 2.75) is 6.92 Å². The molecular formula is C23H22F2N4O4. The van der Waals surface area contributed by atoms with Crippen LogP contribution in [0.5, 0.6) is 29.0 Å². The summed E-state index contributed by atoms with van der Waals surface area (Å²) in [5.41, 5.74) is 5.64. The molecule has 0 aliphatic heterocycles. The average Bonchev–Trinajstić information content (AvgIpc) is 2.80. The lowest BCUT2D eigenvalue weighted by molar-refractivity contribution is 0.0823. The van der Waals surface area contributed by atoms with Crippen LogP contribution in [0.4, 0.5) is 8.78 Å². The molecule has 1 heterocycles. The second-order valence-corrected chi connectivity index (χ2v) is 7.16. The number of hydrogen-bond donors (Lipinski definition) is 2. The van der Waals surface area contributed by atoms with Crippen molar-refractivity contribution in [1.82, 2.24) is 9.88 Å². The van der Waals surface area contributed by atoms with Crippen LogP contribution in [0, 0.1) is 24.0 Å². The molecule has 3 rings (SSSR count). The van der Waals surface area contributed by atoms with Gasteiger partial charge in [0.25, 0.3) is 17.7 Å². The summed E-state index contributed by atoms with van der Waals surface area (Å²) in [6.07, 6.45) is 0. The molecule has 33 heavy (non-hydrogen) atoms. The summed E-state index contributed by atoms with van der Waals surface area (Å²) >= 11 is 0. The van der Waals surface area contributed by atoms with Crippen molar-refractivity contribution in [3.05, 3.63) is 70.8 Å². The van der Waals surface area contributed by atoms with Gasteiger partial charge in [0.2, 0.25) is 0 Å². The molecule has 3 aromatic rings. The van der Waals surface area contributed by atoms with Gasteiger partial charge in [-0.15, -0.1) is 0 Å². The van der Waals surface area contributed by atoms with Crippen molar-refractivity contribution in [1.29, 1.82) is 5.41 Å². The van der Waals surface area contributed by atoms with Gasteiger partial charge in [-0.05, 0) is 31.2 Å². The number of carbonyl (C=O) groups excluding carboxylic acids is 1. The smallest absolute Gasteiger partial charge is 0.259 e. The molecule has 0 radical (unpaired) electrons. The molecule has 3 N–H and O–H groups in total. The molecule has 1 amide bonds. The number of nitrogens with two attached hydrogens (primary N) is 1. The Hall–Kier alpha value is -4.21. The van der Waals surface area contributed by atoms with E-state index in [1.807, 2.05) is 0 Å². The largest absolute Gasteiger partial charge is 0.492 e. The number of hydrogen-bond acceptors (Lipinski definition) is 6. The van der Waals surface area contributed by atoms with E-state index in [0.717, 1.165) is 0 Å². The molecule has 0 atom stereocenters. The molecule has 172 valence electrons. The monoisotopic (exact) mass is 456 g/mol. The number of carbonyl (C=O) groups is 1. The first-order valence-corrected chi connectivity index (χ1v) is 9.68. The summed E-state index contributed by atoms with van der Waals surface area (Å²) < 4.78 is 45.9. The number of amides is 1. The molecule has 1 aromatic heterocycles. The minimum Gasteiger partial charge on any atom is -0.492 e. The number of methoxy groups -OCH3 is 1. The number of nitrogens with one attached hydrogen (secondary N) is 1. The van der Waals surface area contributed by atoms with Crippen LogP contribution in [-0.2, 0) is 0 Å². The van der Waals surface area contributed by atoms with E-state index in [1.165, 1.54) is 49.3 Å². The molecule has 0 saturated heterocycles. The van der Waals surface area contributed by atoms with Crippen molar-refractivity contribution in [3.8, 4) is 29.0 Å². The Morgan fingerprint density at radius 3 is 2.30 bits per heavy atom. The Labute approximate surface area is 189 Å². The van der Waals surface area contributed by atoms with Crippen LogP contribution < -0.4 is 19.9 Å². The fourth-order valence-corrected chi connectivity index (χ4v) is 2.90. The van der Waals surface area contributed by atoms with Gasteiger partial charge in [-0.2, -0.15) is 4.98 Å². The highest BCUT2D eigenvalue weighted by atomic mass is 19.1. The Morgan fingerprint density at radius 1 is 1.06 bits per heavy atom. The quantitative estimate of drug-likeness (QED) is 0.406. The number of halogens is 2. The first kappa shape index (κ1) is 23.5. The summed E-state index contributed by atoms with van der Waals surface area (Å²) in [7, 11) is 4.49. The number of rotatable bonds is 7. The Kier molecular flexibility index (Phi) is 6.76. The zero-order valence-electron chi connectivity index (χ0n) is 18.4. The van der Waals surface area contributed by atoms with E-state index < -0.39 is 23.4 Å². The number of para-hydroxylation sites is 1. The topological polar surface area (TPSA) is 111 Å². The molecule has 0 spiro atoms. The Bertz CT molecular complexity index is 1230. The molecule has 0 aliphatic rings. The van der Waals surface area contributed by atoms with Gasteiger partial charge < -0.3 is 24.8 Å². The Morgan fingerprint density at radius 2 is 1.70 bits per heavy atom. The number of amidine groups is 1. The van der Waals surface area contributed by atoms with Gasteiger partial charge in [-0.3, -0.25) is 10.2 Å². The Balaban J connectivity index is 2.03. The molecule has 0 aliphatic carbocycles. The SMILES string of the molecule is COc1c(Oc2nc(Oc3cccc(C(=N)N)c3)c(F)c(C)c2F)cccc1C(=O)N(C)C. The van der Waals surface area contributed by atoms with Gasteiger partial charge >= 0.3 is 0 Å². The van der Waals surface area contributed by atoms with Crippen molar-refractivity contribution >= 4 is 11.7 Å². The van der Waals surface area contributed by atoms with Gasteiger partial charge in [0, 0.05) is 25.2 Å². The van der Waals surface area contributed by atoms with E-state index in [-0.39, 0.29) is 40.1 Å². The van der Waals surface area contributed by atoms with E-state index in [2.05, 4.69) is 4.98 Å². The number of nitrogens with zero attached hydrogens (tertiary/aromatic N) is 2. The van der Waals surface area contributed by atoms with Crippen LogP contribution in [0.3, 0.4) is 0 Å². The third-order valence-electron chi connectivity index (χ3n) is 4.62. The van der Waals surface area contributed by atoms with Gasteiger partial charge in [0.05, 0.1) is 12.7 Å². The minimum absolute atomic E-state index is 0.00661. The van der Waals surface area contributed by atoms with Gasteiger partial charge in [0.1, 0.15) is 11.6 Å². The lowest BCUT2D eigenvalue weighted by atomic mass is 10.1. The number of pyridine rings is 1. The van der Waals surface area contributed by atoms with Crippen molar-refractivity contribution in [2.24, 2.45) is 5.73 Å². The van der Waals surface area contributed by atoms with E-state index in [9.17, 15) is 13.6 Å². The van der Waals surface area contributed by atoms with Crippen LogP contribution in [-0.4, -0.2) is 42.8 Å². The van der Waals surface area contributed by atoms with Crippen LogP contribution in [0.25, 0.3) is 0 Å². The minimum atomic E-state index is -1.04. The molecule has 0 saturated carbocycles. The molecule has 0 unspecified atom stereocenters. The predicted octanol–water partition coefficient (Wildman–Crippen LogP) is 4.25. The molecule has 0 bridgehead atoms. The summed E-state index contributed by atoms with van der Waals surface area (Å²) in [5, 5.41) is 7.51. The number of nitrogen functional groups attached to an aromatic ring is 1. The second-order valence-electron chi connectivity index (χ2n) is 7.16. The van der Waals surface area contributed by atoms with Crippen LogP contribution in [0.2, 0.25) is 0 Å². The third-order valence-corrected chi connectivity index (χ3v) is 4.62. The maximum absolute atomic E-state index is 14.8. The number of benzene rings is 2. The van der Waals surface area contributed by atoms with Gasteiger partial charge in [-0.1, -0.05) is 18.2 Å². The third kappa shape index (κ3) is 4.84. The predicted molar refractivity (Wildman–Crippen MR) is 118 cm³/mol. The lowest BCUT2D eigenvalue weighted by Crippen LogP contribution is -2.22. The number of aromatic nitrogens is 1. The average molecular weight is 456 g/mol. The van der Waals surface area contributed by atoms with Crippen LogP contribution in [0.15, 0.2) is 42.5 Å². The zero-order valence-corrected chi connectivity index (χ0v) is 18.4. The lowest BCUT2D eigenvalue weighted by Gasteiger charge is -2.17. The standard InChI is InChI=1S/C23H22F2N4O4/c1-12-17(24)21(32-14-8-5-7-13(11-14)20(26)27)28-22(18(12)25)33-16-10-6-9-15(19(16)31-4)23(30)29(2)3/h5-11H,1-4H3,(H3,26,27). The van der Waals surface area contributed by atoms with E-state index in [4.69, 9.17) is 25.4 Å². The van der Waals surface area contributed by atoms with E-state index in [0.29, 0.717) is 5.56 Å². The summed E-state index contributed by atoms with van der Waals surface area (Å²) in [4.78, 5) is 17.6. The van der Waals surface area contributed by atoms with Gasteiger partial charge in [0.15, 0.2) is 23.1 Å². The highest BCUT2D eigenvalue weighted by molar-refractivity contribution is 5.97. The van der Waals surface area contributed by atoms with Crippen molar-refractivity contribution in [2.75, 3.05) is 21.2 Å². The highest BCUT2D eigenvalue weighted by Gasteiger charge is 2.24. The summed E-state index contributed by atoms with van der Waals surface area (Å²) in [6, 6.07) is 10.6. The summed E-state index contributed by atoms with van der Waals surface area (Å²) in [6.45, 7) is 1.21.